The van der Waals surface area contributed by atoms with E-state index >= 15 is 4.39 Å². The van der Waals surface area contributed by atoms with E-state index in [4.69, 9.17) is 4.74 Å². The number of amides is 1. The molecule has 6 rings (SSSR count). The van der Waals surface area contributed by atoms with Crippen LogP contribution in [-0.2, 0) is 11.8 Å². The molecule has 0 bridgehead atoms. The van der Waals surface area contributed by atoms with E-state index in [-0.39, 0.29) is 17.6 Å². The summed E-state index contributed by atoms with van der Waals surface area (Å²) < 4.78 is 23.0. The van der Waals surface area contributed by atoms with Gasteiger partial charge in [0, 0.05) is 54.3 Å². The molecule has 0 saturated carbocycles. The van der Waals surface area contributed by atoms with Gasteiger partial charge in [0.15, 0.2) is 11.6 Å². The molecule has 5 aromatic rings. The van der Waals surface area contributed by atoms with Crippen molar-refractivity contribution in [1.82, 2.24) is 34.8 Å². The summed E-state index contributed by atoms with van der Waals surface area (Å²) in [6.45, 7) is 4.92. The standard InChI is InChI=1S/C30H30FN9O2/c1-17-15-40(30(41)20(17)10-11-38(3)4)27-13-21-24(14-32-27)33-16-34-29(21)35-22-7-9-26(28(31)18(22)2)42-19-6-8-25-23(12-19)36-37-39(25)5/h6-10,12-14,16-17H,11,15H2,1-5H3,(H,33,34,35)/b20-10+/t17-/m0/s1. The fourth-order valence-corrected chi connectivity index (χ4v) is 5.00. The highest BCUT2D eigenvalue weighted by Crippen LogP contribution is 2.35. The molecule has 1 saturated heterocycles. The van der Waals surface area contributed by atoms with E-state index in [2.05, 4.69) is 30.6 Å². The lowest BCUT2D eigenvalue weighted by molar-refractivity contribution is -0.114. The molecule has 2 aromatic carbocycles. The van der Waals surface area contributed by atoms with Gasteiger partial charge in [0.25, 0.3) is 5.91 Å². The summed E-state index contributed by atoms with van der Waals surface area (Å²) in [4.78, 5) is 30.2. The number of benzene rings is 2. The van der Waals surface area contributed by atoms with Crippen molar-refractivity contribution >= 4 is 45.2 Å². The van der Waals surface area contributed by atoms with E-state index in [1.807, 2.05) is 38.1 Å². The van der Waals surface area contributed by atoms with Crippen LogP contribution in [0.3, 0.4) is 0 Å². The van der Waals surface area contributed by atoms with E-state index in [9.17, 15) is 4.79 Å². The molecule has 12 heteroatoms. The van der Waals surface area contributed by atoms with Crippen molar-refractivity contribution in [2.45, 2.75) is 13.8 Å². The maximum atomic E-state index is 15.5. The van der Waals surface area contributed by atoms with E-state index in [1.54, 1.807) is 60.1 Å². The number of carbonyl (C=O) groups is 1. The van der Waals surface area contributed by atoms with Crippen molar-refractivity contribution in [3.05, 3.63) is 72.0 Å². The van der Waals surface area contributed by atoms with E-state index < -0.39 is 5.82 Å². The number of hydrogen-bond donors (Lipinski definition) is 1. The second-order valence-electron chi connectivity index (χ2n) is 10.7. The topological polar surface area (TPSA) is 114 Å². The summed E-state index contributed by atoms with van der Waals surface area (Å²) in [5, 5.41) is 12.0. The minimum Gasteiger partial charge on any atom is -0.454 e. The predicted octanol–water partition coefficient (Wildman–Crippen LogP) is 4.76. The van der Waals surface area contributed by atoms with Gasteiger partial charge in [0.2, 0.25) is 0 Å². The van der Waals surface area contributed by atoms with Crippen LogP contribution in [0.4, 0.5) is 21.7 Å². The van der Waals surface area contributed by atoms with Crippen molar-refractivity contribution in [3.63, 3.8) is 0 Å². The predicted molar refractivity (Wildman–Crippen MR) is 158 cm³/mol. The third-order valence-electron chi connectivity index (χ3n) is 7.35. The number of likely N-dealkylation sites (N-methyl/N-ethyl adjacent to an activating group) is 1. The zero-order valence-electron chi connectivity index (χ0n) is 24.0. The molecule has 4 heterocycles. The van der Waals surface area contributed by atoms with Crippen LogP contribution in [-0.4, -0.2) is 67.9 Å². The lowest BCUT2D eigenvalue weighted by Gasteiger charge is -2.17. The van der Waals surface area contributed by atoms with Gasteiger partial charge < -0.3 is 15.0 Å². The normalized spacial score (nSPS) is 16.4. The minimum atomic E-state index is -0.506. The minimum absolute atomic E-state index is 0.0606. The second kappa shape index (κ2) is 10.8. The Morgan fingerprint density at radius 1 is 1.14 bits per heavy atom. The Kier molecular flexibility index (Phi) is 6.99. The van der Waals surface area contributed by atoms with E-state index in [0.717, 1.165) is 11.1 Å². The summed E-state index contributed by atoms with van der Waals surface area (Å²) >= 11 is 0. The maximum Gasteiger partial charge on any atom is 0.255 e. The first-order valence-corrected chi connectivity index (χ1v) is 13.5. The van der Waals surface area contributed by atoms with Crippen molar-refractivity contribution in [2.75, 3.05) is 37.4 Å². The summed E-state index contributed by atoms with van der Waals surface area (Å²) in [5.74, 6) is 1.03. The lowest BCUT2D eigenvalue weighted by atomic mass is 10.0. The molecule has 0 spiro atoms. The van der Waals surface area contributed by atoms with Gasteiger partial charge in [-0.15, -0.1) is 5.10 Å². The molecular weight excluding hydrogens is 537 g/mol. The molecule has 11 nitrogen and oxygen atoms in total. The Bertz CT molecular complexity index is 1870. The average molecular weight is 568 g/mol. The van der Waals surface area contributed by atoms with Crippen LogP contribution >= 0.6 is 0 Å². The summed E-state index contributed by atoms with van der Waals surface area (Å²) in [5.41, 5.74) is 3.74. The van der Waals surface area contributed by atoms with Crippen LogP contribution in [0.2, 0.25) is 0 Å². The van der Waals surface area contributed by atoms with Gasteiger partial charge in [-0.1, -0.05) is 18.2 Å². The molecule has 1 N–H and O–H groups in total. The number of fused-ring (bicyclic) bond motifs is 2. The highest BCUT2D eigenvalue weighted by atomic mass is 19.1. The Labute approximate surface area is 241 Å². The van der Waals surface area contributed by atoms with Crippen molar-refractivity contribution in [1.29, 1.82) is 0 Å². The first-order valence-electron chi connectivity index (χ1n) is 13.5. The summed E-state index contributed by atoms with van der Waals surface area (Å²) in [6.07, 6.45) is 5.02. The molecule has 1 aliphatic heterocycles. The highest BCUT2D eigenvalue weighted by molar-refractivity contribution is 6.09. The number of hydrogen-bond acceptors (Lipinski definition) is 9. The Morgan fingerprint density at radius 3 is 2.79 bits per heavy atom. The van der Waals surface area contributed by atoms with Crippen molar-refractivity contribution in [3.8, 4) is 11.5 Å². The van der Waals surface area contributed by atoms with E-state index in [0.29, 0.717) is 58.1 Å². The molecule has 1 fully saturated rings. The van der Waals surface area contributed by atoms with Crippen molar-refractivity contribution in [2.24, 2.45) is 13.0 Å². The number of halogens is 1. The van der Waals surface area contributed by atoms with Crippen LogP contribution in [0.25, 0.3) is 21.9 Å². The first kappa shape index (κ1) is 27.2. The number of carbonyl (C=O) groups excluding carboxylic acids is 1. The zero-order valence-corrected chi connectivity index (χ0v) is 24.0. The van der Waals surface area contributed by atoms with Crippen LogP contribution in [0.15, 0.2) is 60.6 Å². The van der Waals surface area contributed by atoms with Crippen LogP contribution in [0, 0.1) is 18.7 Å². The summed E-state index contributed by atoms with van der Waals surface area (Å²) in [6, 6.07) is 10.4. The molecule has 1 aliphatic rings. The van der Waals surface area contributed by atoms with Gasteiger partial charge in [-0.2, -0.15) is 0 Å². The van der Waals surface area contributed by atoms with Gasteiger partial charge in [0.05, 0.1) is 17.2 Å². The van der Waals surface area contributed by atoms with E-state index in [1.165, 1.54) is 6.33 Å². The highest BCUT2D eigenvalue weighted by Gasteiger charge is 2.34. The molecule has 0 unspecified atom stereocenters. The van der Waals surface area contributed by atoms with Gasteiger partial charge in [-0.3, -0.25) is 9.69 Å². The quantitative estimate of drug-likeness (QED) is 0.278. The van der Waals surface area contributed by atoms with Gasteiger partial charge in [-0.25, -0.2) is 24.0 Å². The monoisotopic (exact) mass is 567 g/mol. The molecule has 0 aliphatic carbocycles. The summed E-state index contributed by atoms with van der Waals surface area (Å²) in [7, 11) is 5.73. The lowest BCUT2D eigenvalue weighted by Crippen LogP contribution is -2.26. The van der Waals surface area contributed by atoms with Gasteiger partial charge in [0.1, 0.15) is 29.2 Å². The smallest absolute Gasteiger partial charge is 0.255 e. The fourth-order valence-electron chi connectivity index (χ4n) is 5.00. The number of rotatable bonds is 7. The van der Waals surface area contributed by atoms with Crippen LogP contribution < -0.4 is 15.0 Å². The zero-order chi connectivity index (χ0) is 29.5. The number of nitrogens with zero attached hydrogens (tertiary/aromatic N) is 8. The number of aromatic nitrogens is 6. The number of ether oxygens (including phenoxy) is 1. The second-order valence-corrected chi connectivity index (χ2v) is 10.7. The molecule has 214 valence electrons. The largest absolute Gasteiger partial charge is 0.454 e. The molecule has 42 heavy (non-hydrogen) atoms. The van der Waals surface area contributed by atoms with Gasteiger partial charge >= 0.3 is 0 Å². The van der Waals surface area contributed by atoms with Crippen LogP contribution in [0.5, 0.6) is 11.5 Å². The molecule has 1 amide bonds. The number of aryl methyl sites for hydroxylation is 1. The number of anilines is 3. The Balaban J connectivity index is 1.27. The third-order valence-corrected chi connectivity index (χ3v) is 7.35. The molecular formula is C30H30FN9O2. The molecule has 3 aromatic heterocycles. The third kappa shape index (κ3) is 5.00. The Morgan fingerprint density at radius 2 is 1.98 bits per heavy atom. The molecule has 1 atom stereocenters. The van der Waals surface area contributed by atoms with Crippen molar-refractivity contribution < 1.29 is 13.9 Å². The number of pyridine rings is 1. The number of nitrogens with one attached hydrogen (secondary N) is 1. The fraction of sp³-hybridized carbons (Fsp3) is 0.267. The Hall–Kier alpha value is -4.97. The van der Waals surface area contributed by atoms with Crippen LogP contribution in [0.1, 0.15) is 12.5 Å². The average Bonchev–Trinajstić information content (AvgIpc) is 3.48. The maximum absolute atomic E-state index is 15.5. The van der Waals surface area contributed by atoms with Gasteiger partial charge in [-0.05, 0) is 51.4 Å². The first-order chi connectivity index (χ1) is 20.2. The molecule has 0 radical (unpaired) electrons. The SMILES string of the molecule is Cc1c(Nc2ncnc3cnc(N4C[C@H](C)/C(=C\CN(C)C)C4=O)cc23)ccc(Oc2ccc3c(c2)nnn3C)c1F.